The summed E-state index contributed by atoms with van der Waals surface area (Å²) >= 11 is 0.802. The molecule has 7 nitrogen and oxygen atoms in total. The van der Waals surface area contributed by atoms with Crippen LogP contribution < -0.4 is 9.44 Å². The minimum atomic E-state index is -5.69. The summed E-state index contributed by atoms with van der Waals surface area (Å²) in [5.41, 5.74) is 1.66. The highest BCUT2D eigenvalue weighted by Gasteiger charge is 2.46. The molecule has 0 spiro atoms. The number of hydrogen-bond acceptors (Lipinski definition) is 7. The summed E-state index contributed by atoms with van der Waals surface area (Å²) in [4.78, 5) is 0.983. The number of fused-ring (bicyclic) bond motifs is 1. The molecule has 4 rings (SSSR count). The number of alkyl halides is 6. The standard InChI is InChI=1S/C21H13F6N3O4S3/c22-20(23,24)13-5-1-3-7-17(13)36(31,32)30(12-9-10-15-16(11-12)35-19(28)29-15)37(33,34)18-8-4-2-6-14(18)21(25,26)27/h1-11H,(H2,28,29). The Morgan fingerprint density at radius 2 is 1.19 bits per heavy atom. The normalized spacial score (nSPS) is 13.1. The zero-order valence-corrected chi connectivity index (χ0v) is 20.4. The molecule has 4 aromatic rings. The van der Waals surface area contributed by atoms with Gasteiger partial charge in [-0.2, -0.15) is 46.9 Å². The third-order valence-electron chi connectivity index (χ3n) is 4.98. The van der Waals surface area contributed by atoms with E-state index in [4.69, 9.17) is 5.73 Å². The number of nitrogens with two attached hydrogens (primary N) is 1. The number of thiazole rings is 1. The largest absolute Gasteiger partial charge is 0.417 e. The Labute approximate surface area is 209 Å². The molecule has 0 bridgehead atoms. The van der Waals surface area contributed by atoms with Gasteiger partial charge in [-0.3, -0.25) is 0 Å². The number of benzene rings is 3. The molecule has 0 radical (unpaired) electrons. The van der Waals surface area contributed by atoms with Crippen molar-refractivity contribution in [1.29, 1.82) is 0 Å². The highest BCUT2D eigenvalue weighted by molar-refractivity contribution is 8.10. The maximum absolute atomic E-state index is 13.7. The van der Waals surface area contributed by atoms with Crippen molar-refractivity contribution in [3.63, 3.8) is 0 Å². The topological polar surface area (TPSA) is 110 Å². The summed E-state index contributed by atoms with van der Waals surface area (Å²) in [7, 11) is -11.4. The predicted octanol–water partition coefficient (Wildman–Crippen LogP) is 5.50. The van der Waals surface area contributed by atoms with E-state index in [0.717, 1.165) is 53.8 Å². The maximum atomic E-state index is 13.7. The van der Waals surface area contributed by atoms with Crippen molar-refractivity contribution >= 4 is 52.4 Å². The molecule has 1 aromatic heterocycles. The van der Waals surface area contributed by atoms with Crippen molar-refractivity contribution in [1.82, 2.24) is 4.98 Å². The van der Waals surface area contributed by atoms with Crippen LogP contribution in [0.4, 0.5) is 37.2 Å². The molecule has 0 aliphatic carbocycles. The van der Waals surface area contributed by atoms with E-state index in [2.05, 4.69) is 4.98 Å². The lowest BCUT2D eigenvalue weighted by Gasteiger charge is -2.26. The molecule has 196 valence electrons. The summed E-state index contributed by atoms with van der Waals surface area (Å²) in [6.45, 7) is 0. The fourth-order valence-corrected chi connectivity index (χ4v) is 8.33. The lowest BCUT2D eigenvalue weighted by atomic mass is 10.2. The Balaban J connectivity index is 2.08. The number of halogens is 6. The van der Waals surface area contributed by atoms with Crippen LogP contribution in [0.5, 0.6) is 0 Å². The van der Waals surface area contributed by atoms with Crippen LogP contribution in [-0.4, -0.2) is 21.8 Å². The molecule has 0 amide bonds. The summed E-state index contributed by atoms with van der Waals surface area (Å²) in [5.74, 6) is 0. The first-order valence-electron chi connectivity index (χ1n) is 9.83. The van der Waals surface area contributed by atoms with Crippen LogP contribution in [0.2, 0.25) is 0 Å². The van der Waals surface area contributed by atoms with Gasteiger partial charge in [-0.1, -0.05) is 35.6 Å². The van der Waals surface area contributed by atoms with Gasteiger partial charge in [0.05, 0.1) is 27.0 Å². The van der Waals surface area contributed by atoms with Gasteiger partial charge in [-0.05, 0) is 42.5 Å². The molecule has 1 heterocycles. The molecular formula is C21H13F6N3O4S3. The van der Waals surface area contributed by atoms with Gasteiger partial charge < -0.3 is 5.73 Å². The first kappa shape index (κ1) is 26.7. The fraction of sp³-hybridized carbons (Fsp3) is 0.0952. The average molecular weight is 582 g/mol. The summed E-state index contributed by atoms with van der Waals surface area (Å²) in [5, 5.41) is 0.00856. The Bertz CT molecular complexity index is 1630. The van der Waals surface area contributed by atoms with Gasteiger partial charge in [0, 0.05) is 0 Å². The zero-order valence-electron chi connectivity index (χ0n) is 17.9. The van der Waals surface area contributed by atoms with E-state index in [0.29, 0.717) is 24.3 Å². The van der Waals surface area contributed by atoms with Crippen LogP contribution in [-0.2, 0) is 32.4 Å². The van der Waals surface area contributed by atoms with Gasteiger partial charge in [-0.15, -0.1) is 0 Å². The summed E-state index contributed by atoms with van der Waals surface area (Å²) in [6.07, 6.45) is -10.5. The van der Waals surface area contributed by atoms with Gasteiger partial charge in [0.15, 0.2) is 5.13 Å². The molecule has 0 aliphatic rings. The molecule has 0 unspecified atom stereocenters. The highest BCUT2D eigenvalue weighted by Crippen LogP contribution is 2.42. The lowest BCUT2D eigenvalue weighted by molar-refractivity contribution is -0.140. The van der Waals surface area contributed by atoms with Crippen LogP contribution in [0.15, 0.2) is 76.5 Å². The second-order valence-electron chi connectivity index (χ2n) is 7.40. The molecule has 0 saturated carbocycles. The number of nitrogens with zero attached hydrogens (tertiary/aromatic N) is 2. The van der Waals surface area contributed by atoms with Crippen LogP contribution in [0.25, 0.3) is 10.2 Å². The molecular weight excluding hydrogens is 568 g/mol. The molecule has 2 N–H and O–H groups in total. The van der Waals surface area contributed by atoms with E-state index < -0.39 is 62.7 Å². The van der Waals surface area contributed by atoms with Crippen LogP contribution >= 0.6 is 11.3 Å². The number of sulfonamides is 2. The minimum absolute atomic E-state index is 0.00856. The molecule has 0 fully saturated rings. The van der Waals surface area contributed by atoms with Crippen LogP contribution in [0, 0.1) is 0 Å². The fourth-order valence-electron chi connectivity index (χ4n) is 3.48. The predicted molar refractivity (Wildman–Crippen MR) is 124 cm³/mol. The van der Waals surface area contributed by atoms with Crippen molar-refractivity contribution in [3.8, 4) is 0 Å². The van der Waals surface area contributed by atoms with Crippen molar-refractivity contribution in [3.05, 3.63) is 77.9 Å². The second kappa shape index (κ2) is 8.88. The van der Waals surface area contributed by atoms with E-state index in [-0.39, 0.29) is 15.3 Å². The Hall–Kier alpha value is -3.37. The number of aromatic nitrogens is 1. The first-order chi connectivity index (χ1) is 17.0. The average Bonchev–Trinajstić information content (AvgIpc) is 3.17. The molecule has 0 atom stereocenters. The van der Waals surface area contributed by atoms with Gasteiger partial charge in [0.1, 0.15) is 9.79 Å². The highest BCUT2D eigenvalue weighted by atomic mass is 32.3. The zero-order chi connectivity index (χ0) is 27.4. The number of nitrogen functional groups attached to an aromatic ring is 1. The van der Waals surface area contributed by atoms with Crippen LogP contribution in [0.3, 0.4) is 0 Å². The summed E-state index contributed by atoms with van der Waals surface area (Å²) < 4.78 is 136. The van der Waals surface area contributed by atoms with Crippen molar-refractivity contribution in [2.24, 2.45) is 0 Å². The Morgan fingerprint density at radius 3 is 1.65 bits per heavy atom. The van der Waals surface area contributed by atoms with Crippen molar-refractivity contribution in [2.75, 3.05) is 9.44 Å². The van der Waals surface area contributed by atoms with E-state index in [1.165, 1.54) is 0 Å². The Kier molecular flexibility index (Phi) is 6.41. The van der Waals surface area contributed by atoms with Gasteiger partial charge in [0.25, 0.3) is 20.0 Å². The monoisotopic (exact) mass is 581 g/mol. The Morgan fingerprint density at radius 1 is 0.730 bits per heavy atom. The molecule has 37 heavy (non-hydrogen) atoms. The summed E-state index contributed by atoms with van der Waals surface area (Å²) in [6, 6.07) is 8.43. The third kappa shape index (κ3) is 4.83. The molecule has 16 heteroatoms. The van der Waals surface area contributed by atoms with Gasteiger partial charge in [-0.25, -0.2) is 4.98 Å². The van der Waals surface area contributed by atoms with Gasteiger partial charge in [0.2, 0.25) is 0 Å². The lowest BCUT2D eigenvalue weighted by Crippen LogP contribution is -2.38. The number of anilines is 2. The first-order valence-corrected chi connectivity index (χ1v) is 13.5. The maximum Gasteiger partial charge on any atom is 0.417 e. The van der Waals surface area contributed by atoms with E-state index in [9.17, 15) is 43.2 Å². The SMILES string of the molecule is Nc1nc2ccc(N(S(=O)(=O)c3ccccc3C(F)(F)F)S(=O)(=O)c3ccccc3C(F)(F)F)cc2s1. The van der Waals surface area contributed by atoms with Crippen LogP contribution in [0.1, 0.15) is 11.1 Å². The third-order valence-corrected chi connectivity index (χ3v) is 10.1. The molecule has 3 aromatic carbocycles. The van der Waals surface area contributed by atoms with E-state index in [1.54, 1.807) is 0 Å². The van der Waals surface area contributed by atoms with Crippen molar-refractivity contribution < 1.29 is 43.2 Å². The van der Waals surface area contributed by atoms with E-state index >= 15 is 0 Å². The second-order valence-corrected chi connectivity index (χ2v) is 12.2. The molecule has 0 saturated heterocycles. The smallest absolute Gasteiger partial charge is 0.375 e. The number of hydrogen-bond donors (Lipinski definition) is 1. The van der Waals surface area contributed by atoms with Gasteiger partial charge >= 0.3 is 12.4 Å². The van der Waals surface area contributed by atoms with Crippen molar-refractivity contribution in [2.45, 2.75) is 22.1 Å². The van der Waals surface area contributed by atoms with E-state index in [1.807, 2.05) is 0 Å². The number of rotatable bonds is 5. The molecule has 0 aliphatic heterocycles. The minimum Gasteiger partial charge on any atom is -0.375 e. The quantitative estimate of drug-likeness (QED) is 0.312.